The van der Waals surface area contributed by atoms with Crippen LogP contribution in [0.15, 0.2) is 126 Å². The van der Waals surface area contributed by atoms with Crippen LogP contribution in [0.1, 0.15) is 21.5 Å². The highest BCUT2D eigenvalue weighted by Crippen LogP contribution is 2.25. The summed E-state index contributed by atoms with van der Waals surface area (Å²) in [7, 11) is 0. The van der Waals surface area contributed by atoms with Crippen molar-refractivity contribution in [2.45, 2.75) is 11.8 Å². The summed E-state index contributed by atoms with van der Waals surface area (Å²) < 4.78 is 0. The maximum Gasteiger partial charge on any atom is 0.272 e. The second kappa shape index (κ2) is 14.2. The number of hydrogen-bond acceptors (Lipinski definition) is 6. The summed E-state index contributed by atoms with van der Waals surface area (Å²) in [4.78, 5) is 50.6. The molecule has 9 nitrogen and oxygen atoms in total. The van der Waals surface area contributed by atoms with Crippen molar-refractivity contribution in [2.24, 2.45) is 0 Å². The Morgan fingerprint density at radius 1 is 0.822 bits per heavy atom. The fourth-order valence-electron chi connectivity index (χ4n) is 4.53. The van der Waals surface area contributed by atoms with E-state index in [0.29, 0.717) is 27.4 Å². The van der Waals surface area contributed by atoms with Crippen molar-refractivity contribution in [1.82, 2.24) is 5.32 Å². The first kappa shape index (κ1) is 30.7. The van der Waals surface area contributed by atoms with Gasteiger partial charge in [0, 0.05) is 28.3 Å². The lowest BCUT2D eigenvalue weighted by Gasteiger charge is -2.13. The van der Waals surface area contributed by atoms with Crippen LogP contribution in [0.2, 0.25) is 0 Å². The maximum absolute atomic E-state index is 13.6. The first-order valence-electron chi connectivity index (χ1n) is 13.9. The quantitative estimate of drug-likeness (QED) is 0.0659. The summed E-state index contributed by atoms with van der Waals surface area (Å²) in [5, 5.41) is 21.4. The summed E-state index contributed by atoms with van der Waals surface area (Å²) in [6, 6.07) is 33.4. The third kappa shape index (κ3) is 8.01. The van der Waals surface area contributed by atoms with Crippen LogP contribution in [0.3, 0.4) is 0 Å². The molecular weight excluding hydrogens is 588 g/mol. The van der Waals surface area contributed by atoms with Gasteiger partial charge in [-0.05, 0) is 65.2 Å². The number of nitrogens with zero attached hydrogens (tertiary/aromatic N) is 1. The van der Waals surface area contributed by atoms with E-state index in [0.717, 1.165) is 16.3 Å². The minimum absolute atomic E-state index is 0.0406. The van der Waals surface area contributed by atoms with Crippen molar-refractivity contribution < 1.29 is 19.3 Å². The number of hydrogen-bond donors (Lipinski definition) is 3. The molecule has 5 rings (SSSR count). The van der Waals surface area contributed by atoms with E-state index in [9.17, 15) is 24.5 Å². The van der Waals surface area contributed by atoms with Gasteiger partial charge in [-0.25, -0.2) is 0 Å². The van der Waals surface area contributed by atoms with Crippen molar-refractivity contribution in [1.29, 1.82) is 0 Å². The van der Waals surface area contributed by atoms with Gasteiger partial charge in [0.15, 0.2) is 0 Å². The van der Waals surface area contributed by atoms with E-state index < -0.39 is 16.7 Å². The topological polar surface area (TPSA) is 130 Å². The Morgan fingerprint density at radius 3 is 2.36 bits per heavy atom. The van der Waals surface area contributed by atoms with E-state index in [2.05, 4.69) is 16.0 Å². The summed E-state index contributed by atoms with van der Waals surface area (Å²) >= 11 is 1.24. The Hall–Kier alpha value is -5.74. The molecule has 0 heterocycles. The number of nitro benzene ring substituents is 1. The second-order valence-electron chi connectivity index (χ2n) is 10.0. The molecule has 3 N–H and O–H groups in total. The number of anilines is 2. The molecule has 0 atom stereocenters. The first-order valence-corrected chi connectivity index (χ1v) is 14.9. The number of non-ortho nitro benzene ring substituents is 1. The molecule has 5 aromatic rings. The Bertz CT molecular complexity index is 1940. The van der Waals surface area contributed by atoms with Crippen molar-refractivity contribution in [3.63, 3.8) is 0 Å². The predicted molar refractivity (Wildman–Crippen MR) is 178 cm³/mol. The SMILES string of the molecule is Cc1ccc([N+](=O)[O-])cc1NC(=O)CSc1cccc(NC(=O)/C(=C\c2cccc3ccccc23)NC(=O)c2ccccc2)c1. The molecule has 0 fully saturated rings. The van der Waals surface area contributed by atoms with Gasteiger partial charge < -0.3 is 16.0 Å². The molecule has 10 heteroatoms. The normalized spacial score (nSPS) is 11.1. The van der Waals surface area contributed by atoms with Gasteiger partial charge in [-0.3, -0.25) is 24.5 Å². The highest BCUT2D eigenvalue weighted by atomic mass is 32.2. The Balaban J connectivity index is 1.32. The lowest BCUT2D eigenvalue weighted by molar-refractivity contribution is -0.384. The molecule has 0 aliphatic rings. The highest BCUT2D eigenvalue weighted by Gasteiger charge is 2.17. The van der Waals surface area contributed by atoms with Crippen LogP contribution in [0.5, 0.6) is 0 Å². The van der Waals surface area contributed by atoms with E-state index in [1.54, 1.807) is 73.7 Å². The third-order valence-corrected chi connectivity index (χ3v) is 7.81. The number of carbonyl (C=O) groups excluding carboxylic acids is 3. The minimum atomic E-state index is -0.520. The molecule has 0 bridgehead atoms. The largest absolute Gasteiger partial charge is 0.325 e. The van der Waals surface area contributed by atoms with Gasteiger partial charge in [-0.1, -0.05) is 72.8 Å². The van der Waals surface area contributed by atoms with Gasteiger partial charge >= 0.3 is 0 Å². The lowest BCUT2D eigenvalue weighted by atomic mass is 10.0. The predicted octanol–water partition coefficient (Wildman–Crippen LogP) is 7.20. The molecule has 5 aromatic carbocycles. The van der Waals surface area contributed by atoms with Gasteiger partial charge in [0.1, 0.15) is 5.70 Å². The summed E-state index contributed by atoms with van der Waals surface area (Å²) in [5.74, 6) is -1.24. The van der Waals surface area contributed by atoms with Crippen molar-refractivity contribution in [2.75, 3.05) is 16.4 Å². The van der Waals surface area contributed by atoms with Gasteiger partial charge in [0.2, 0.25) is 5.91 Å². The maximum atomic E-state index is 13.6. The highest BCUT2D eigenvalue weighted by molar-refractivity contribution is 8.00. The first-order chi connectivity index (χ1) is 21.8. The summed E-state index contributed by atoms with van der Waals surface area (Å²) in [5.41, 5.74) is 2.67. The number of nitrogens with one attached hydrogen (secondary N) is 3. The third-order valence-electron chi connectivity index (χ3n) is 6.82. The molecule has 0 saturated heterocycles. The molecule has 0 saturated carbocycles. The van der Waals surface area contributed by atoms with Crippen molar-refractivity contribution in [3.8, 4) is 0 Å². The number of nitro groups is 1. The number of aryl methyl sites for hydroxylation is 1. The Morgan fingerprint density at radius 2 is 1.56 bits per heavy atom. The van der Waals surface area contributed by atoms with Crippen LogP contribution in [-0.2, 0) is 9.59 Å². The van der Waals surface area contributed by atoms with E-state index in [-0.39, 0.29) is 23.0 Å². The van der Waals surface area contributed by atoms with Crippen LogP contribution in [-0.4, -0.2) is 28.4 Å². The summed E-state index contributed by atoms with van der Waals surface area (Å²) in [6.45, 7) is 1.75. The van der Waals surface area contributed by atoms with Crippen molar-refractivity contribution >= 4 is 63.4 Å². The van der Waals surface area contributed by atoms with E-state index in [4.69, 9.17) is 0 Å². The van der Waals surface area contributed by atoms with Crippen LogP contribution in [0, 0.1) is 17.0 Å². The average Bonchev–Trinajstić information content (AvgIpc) is 3.05. The number of amides is 3. The number of thioether (sulfide) groups is 1. The smallest absolute Gasteiger partial charge is 0.272 e. The molecule has 0 radical (unpaired) electrons. The molecule has 224 valence electrons. The zero-order chi connectivity index (χ0) is 31.8. The number of fused-ring (bicyclic) bond motifs is 1. The molecule has 0 aromatic heterocycles. The monoisotopic (exact) mass is 616 g/mol. The van der Waals surface area contributed by atoms with Crippen molar-refractivity contribution in [3.05, 3.63) is 148 Å². The molecule has 3 amide bonds. The van der Waals surface area contributed by atoms with Crippen LogP contribution < -0.4 is 16.0 Å². The molecule has 0 spiro atoms. The zero-order valence-corrected chi connectivity index (χ0v) is 25.0. The summed E-state index contributed by atoms with van der Waals surface area (Å²) in [6.07, 6.45) is 1.65. The number of benzene rings is 5. The number of rotatable bonds is 10. The van der Waals surface area contributed by atoms with E-state index in [1.807, 2.05) is 42.5 Å². The lowest BCUT2D eigenvalue weighted by Crippen LogP contribution is -2.30. The van der Waals surface area contributed by atoms with Crippen LogP contribution in [0.25, 0.3) is 16.8 Å². The minimum Gasteiger partial charge on any atom is -0.325 e. The fraction of sp³-hybridized carbons (Fsp3) is 0.0571. The van der Waals surface area contributed by atoms with Gasteiger partial charge in [-0.2, -0.15) is 0 Å². The van der Waals surface area contributed by atoms with E-state index in [1.165, 1.54) is 23.9 Å². The molecular formula is C35H28N4O5S. The molecule has 0 unspecified atom stereocenters. The van der Waals surface area contributed by atoms with Gasteiger partial charge in [0.25, 0.3) is 17.5 Å². The molecule has 0 aliphatic heterocycles. The number of carbonyl (C=O) groups is 3. The zero-order valence-electron chi connectivity index (χ0n) is 24.2. The molecule has 45 heavy (non-hydrogen) atoms. The Kier molecular flexibility index (Phi) is 9.66. The standard InChI is InChI=1S/C35H28N4O5S/c1-23-17-18-28(39(43)44)21-31(23)37-33(40)22-45-29-15-8-14-27(20-29)36-35(42)32(38-34(41)25-10-3-2-4-11-25)19-26-13-7-12-24-9-5-6-16-30(24)26/h2-21H,22H2,1H3,(H,36,42)(H,37,40)(H,38,41)/b32-19+. The van der Waals surface area contributed by atoms with Crippen LogP contribution in [0.4, 0.5) is 17.1 Å². The van der Waals surface area contributed by atoms with Gasteiger partial charge in [-0.15, -0.1) is 11.8 Å². The fourth-order valence-corrected chi connectivity index (χ4v) is 5.28. The second-order valence-corrected chi connectivity index (χ2v) is 11.1. The van der Waals surface area contributed by atoms with E-state index >= 15 is 0 Å². The molecule has 0 aliphatic carbocycles. The Labute approximate surface area is 263 Å². The average molecular weight is 617 g/mol. The van der Waals surface area contributed by atoms with Gasteiger partial charge in [0.05, 0.1) is 16.4 Å². The van der Waals surface area contributed by atoms with Crippen LogP contribution >= 0.6 is 11.8 Å².